The summed E-state index contributed by atoms with van der Waals surface area (Å²) in [6.07, 6.45) is -10.0. The average Bonchev–Trinajstić information content (AvgIpc) is 3.35. The Morgan fingerprint density at radius 3 is 1.73 bits per heavy atom. The summed E-state index contributed by atoms with van der Waals surface area (Å²) in [6, 6.07) is 8.22. The van der Waals surface area contributed by atoms with Crippen molar-refractivity contribution in [1.82, 2.24) is 0 Å². The van der Waals surface area contributed by atoms with Gasteiger partial charge < -0.3 is 23.4 Å². The molecule has 6 nitrogen and oxygen atoms in total. The molecular weight excluding hydrogens is 558 g/mol. The van der Waals surface area contributed by atoms with E-state index in [1.807, 2.05) is 0 Å². The molecule has 0 saturated heterocycles. The van der Waals surface area contributed by atoms with Crippen molar-refractivity contribution in [1.29, 1.82) is 0 Å². The van der Waals surface area contributed by atoms with Crippen molar-refractivity contribution in [3.8, 4) is 34.8 Å². The van der Waals surface area contributed by atoms with Gasteiger partial charge in [0.15, 0.2) is 17.3 Å². The topological polar surface area (TPSA) is 67.1 Å². The quantitative estimate of drug-likeness (QED) is 0.138. The summed E-state index contributed by atoms with van der Waals surface area (Å²) in [7, 11) is 5.50. The van der Waals surface area contributed by atoms with E-state index in [4.69, 9.17) is 23.4 Å². The fourth-order valence-corrected chi connectivity index (χ4v) is 3.97. The van der Waals surface area contributed by atoms with Crippen molar-refractivity contribution >= 4 is 16.8 Å². The summed E-state index contributed by atoms with van der Waals surface area (Å²) < 4.78 is 106. The normalized spacial score (nSPS) is 11.6. The van der Waals surface area contributed by atoms with Crippen LogP contribution in [0.4, 0.5) is 26.3 Å². The van der Waals surface area contributed by atoms with Gasteiger partial charge in [-0.3, -0.25) is 4.79 Å². The number of fused-ring (bicyclic) bond motifs is 1. The van der Waals surface area contributed by atoms with E-state index in [-0.39, 0.29) is 51.5 Å². The Bertz CT molecular complexity index is 1630. The van der Waals surface area contributed by atoms with Gasteiger partial charge in [-0.25, -0.2) is 0 Å². The van der Waals surface area contributed by atoms with Gasteiger partial charge in [0.2, 0.25) is 11.5 Å². The van der Waals surface area contributed by atoms with Crippen LogP contribution in [0.3, 0.4) is 0 Å². The minimum absolute atomic E-state index is 0.0236. The molecule has 0 N–H and O–H groups in total. The minimum atomic E-state index is -5.01. The molecule has 0 saturated carbocycles. The molecule has 0 radical (unpaired) electrons. The van der Waals surface area contributed by atoms with Crippen LogP contribution in [-0.4, -0.2) is 34.2 Å². The van der Waals surface area contributed by atoms with E-state index in [2.05, 4.69) is 11.8 Å². The SMILES string of the molecule is COc1cc2oc(C(=O)c3cc(OC)c(OC)c(OC)c3)cc2cc1C#Cc1cc(C(F)(F)F)cc(C(F)(F)F)c1. The van der Waals surface area contributed by atoms with Crippen molar-refractivity contribution < 1.29 is 54.5 Å². The van der Waals surface area contributed by atoms with Crippen molar-refractivity contribution in [2.24, 2.45) is 0 Å². The number of hydrogen-bond donors (Lipinski definition) is 0. The van der Waals surface area contributed by atoms with Gasteiger partial charge in [-0.05, 0) is 42.5 Å². The fourth-order valence-electron chi connectivity index (χ4n) is 3.97. The Labute approximate surface area is 229 Å². The number of ether oxygens (including phenoxy) is 4. The largest absolute Gasteiger partial charge is 0.495 e. The minimum Gasteiger partial charge on any atom is -0.495 e. The van der Waals surface area contributed by atoms with Crippen molar-refractivity contribution in [2.45, 2.75) is 12.4 Å². The molecular formula is C29H20F6O6. The van der Waals surface area contributed by atoms with E-state index in [1.54, 1.807) is 0 Å². The lowest BCUT2D eigenvalue weighted by Gasteiger charge is -2.13. The summed E-state index contributed by atoms with van der Waals surface area (Å²) in [5.41, 5.74) is -2.94. The van der Waals surface area contributed by atoms with E-state index in [0.717, 1.165) is 0 Å². The van der Waals surface area contributed by atoms with Crippen LogP contribution in [0.15, 0.2) is 52.9 Å². The van der Waals surface area contributed by atoms with Crippen molar-refractivity contribution in [3.63, 3.8) is 0 Å². The van der Waals surface area contributed by atoms with Crippen LogP contribution in [0.2, 0.25) is 0 Å². The summed E-state index contributed by atoms with van der Waals surface area (Å²) in [5, 5.41) is 0.380. The Balaban J connectivity index is 1.76. The number of hydrogen-bond acceptors (Lipinski definition) is 6. The second-order valence-electron chi connectivity index (χ2n) is 8.49. The summed E-state index contributed by atoms with van der Waals surface area (Å²) in [4.78, 5) is 13.2. The molecule has 0 aliphatic heterocycles. The Hall–Kier alpha value is -4.79. The molecule has 0 bridgehead atoms. The van der Waals surface area contributed by atoms with Gasteiger partial charge in [0.1, 0.15) is 11.3 Å². The molecule has 0 unspecified atom stereocenters. The van der Waals surface area contributed by atoms with Crippen LogP contribution in [0.25, 0.3) is 11.0 Å². The molecule has 0 spiro atoms. The molecule has 0 aliphatic carbocycles. The number of carbonyl (C=O) groups excluding carboxylic acids is 1. The van der Waals surface area contributed by atoms with Crippen LogP contribution in [0.1, 0.15) is 38.4 Å². The average molecular weight is 578 g/mol. The molecule has 214 valence electrons. The summed E-state index contributed by atoms with van der Waals surface area (Å²) >= 11 is 0. The van der Waals surface area contributed by atoms with Gasteiger partial charge in [-0.1, -0.05) is 11.8 Å². The number of methoxy groups -OCH3 is 4. The second kappa shape index (κ2) is 11.0. The second-order valence-corrected chi connectivity index (χ2v) is 8.49. The van der Waals surface area contributed by atoms with Crippen LogP contribution in [0.5, 0.6) is 23.0 Å². The number of carbonyl (C=O) groups is 1. The molecule has 1 aromatic heterocycles. The standard InChI is InChI=1S/C29H20F6O6/c1-37-21-14-22-17(10-23(41-22)26(36)18-11-24(38-2)27(40-4)25(12-18)39-3)9-16(21)6-5-15-7-19(28(30,31)32)13-20(8-15)29(33,34)35/h7-14H,1-4H3. The van der Waals surface area contributed by atoms with Gasteiger partial charge in [-0.15, -0.1) is 0 Å². The number of alkyl halides is 6. The van der Waals surface area contributed by atoms with Crippen LogP contribution >= 0.6 is 0 Å². The smallest absolute Gasteiger partial charge is 0.416 e. The molecule has 1 heterocycles. The van der Waals surface area contributed by atoms with Gasteiger partial charge >= 0.3 is 12.4 Å². The Morgan fingerprint density at radius 2 is 1.24 bits per heavy atom. The number of benzene rings is 3. The molecule has 12 heteroatoms. The lowest BCUT2D eigenvalue weighted by atomic mass is 10.0. The first-order valence-electron chi connectivity index (χ1n) is 11.6. The highest BCUT2D eigenvalue weighted by Gasteiger charge is 2.36. The molecule has 0 atom stereocenters. The predicted molar refractivity (Wildman–Crippen MR) is 135 cm³/mol. The van der Waals surface area contributed by atoms with Gasteiger partial charge in [0.05, 0.1) is 45.1 Å². The molecule has 0 amide bonds. The number of halogens is 6. The van der Waals surface area contributed by atoms with E-state index in [0.29, 0.717) is 17.5 Å². The summed E-state index contributed by atoms with van der Waals surface area (Å²) in [5.74, 6) is 5.20. The zero-order valence-corrected chi connectivity index (χ0v) is 21.8. The highest BCUT2D eigenvalue weighted by atomic mass is 19.4. The Morgan fingerprint density at radius 1 is 0.683 bits per heavy atom. The molecule has 0 aliphatic rings. The third-order valence-electron chi connectivity index (χ3n) is 5.92. The third kappa shape index (κ3) is 6.04. The monoisotopic (exact) mass is 578 g/mol. The molecule has 41 heavy (non-hydrogen) atoms. The predicted octanol–water partition coefficient (Wildman–Crippen LogP) is 7.14. The van der Waals surface area contributed by atoms with Crippen LogP contribution in [0, 0.1) is 11.8 Å². The summed E-state index contributed by atoms with van der Waals surface area (Å²) in [6.45, 7) is 0. The lowest BCUT2D eigenvalue weighted by molar-refractivity contribution is -0.143. The highest BCUT2D eigenvalue weighted by molar-refractivity contribution is 6.09. The molecule has 4 rings (SSSR count). The third-order valence-corrected chi connectivity index (χ3v) is 5.92. The lowest BCUT2D eigenvalue weighted by Crippen LogP contribution is -2.11. The zero-order chi connectivity index (χ0) is 30.1. The number of rotatable bonds is 6. The molecule has 4 aromatic rings. The van der Waals surface area contributed by atoms with Crippen molar-refractivity contribution in [2.75, 3.05) is 28.4 Å². The molecule has 0 fully saturated rings. The first kappa shape index (κ1) is 29.2. The molecule has 3 aromatic carbocycles. The Kier molecular flexibility index (Phi) is 7.83. The fraction of sp³-hybridized carbons (Fsp3) is 0.207. The van der Waals surface area contributed by atoms with E-state index in [1.165, 1.54) is 58.8 Å². The van der Waals surface area contributed by atoms with E-state index >= 15 is 0 Å². The maximum atomic E-state index is 13.2. The van der Waals surface area contributed by atoms with E-state index < -0.39 is 34.8 Å². The van der Waals surface area contributed by atoms with Crippen molar-refractivity contribution in [3.05, 3.63) is 82.1 Å². The van der Waals surface area contributed by atoms with Gasteiger partial charge in [0, 0.05) is 22.6 Å². The maximum Gasteiger partial charge on any atom is 0.416 e. The highest BCUT2D eigenvalue weighted by Crippen LogP contribution is 2.39. The number of ketones is 1. The van der Waals surface area contributed by atoms with Crippen LogP contribution in [-0.2, 0) is 12.4 Å². The van der Waals surface area contributed by atoms with Crippen LogP contribution < -0.4 is 18.9 Å². The number of furan rings is 1. The first-order chi connectivity index (χ1) is 19.3. The van der Waals surface area contributed by atoms with E-state index in [9.17, 15) is 31.1 Å². The maximum absolute atomic E-state index is 13.2. The van der Waals surface area contributed by atoms with Gasteiger partial charge in [-0.2, -0.15) is 26.3 Å². The first-order valence-corrected chi connectivity index (χ1v) is 11.6. The zero-order valence-electron chi connectivity index (χ0n) is 21.8. The van der Waals surface area contributed by atoms with Gasteiger partial charge in [0.25, 0.3) is 0 Å².